The molecule has 2 saturated heterocycles. The zero-order valence-electron chi connectivity index (χ0n) is 31.4. The van der Waals surface area contributed by atoms with E-state index in [-0.39, 0.29) is 71.3 Å². The van der Waals surface area contributed by atoms with Crippen molar-refractivity contribution in [3.63, 3.8) is 0 Å². The topological polar surface area (TPSA) is 189 Å². The Morgan fingerprint density at radius 3 is 1.59 bits per heavy atom. The van der Waals surface area contributed by atoms with E-state index in [9.17, 15) is 37.5 Å². The maximum atomic E-state index is 13.4. The van der Waals surface area contributed by atoms with Gasteiger partial charge in [0.25, 0.3) is 17.5 Å². The van der Waals surface area contributed by atoms with Crippen molar-refractivity contribution in [1.82, 2.24) is 14.5 Å². The van der Waals surface area contributed by atoms with Crippen LogP contribution in [0.1, 0.15) is 76.8 Å². The molecule has 4 aromatic rings. The third-order valence-electron chi connectivity index (χ3n) is 8.91. The second-order valence-electron chi connectivity index (χ2n) is 13.4. The van der Waals surface area contributed by atoms with E-state index in [2.05, 4.69) is 5.32 Å². The molecule has 1 amide bonds. The van der Waals surface area contributed by atoms with Crippen LogP contribution in [-0.2, 0) is 46.0 Å². The number of carboxylic acid groups (broad SMARTS) is 1. The summed E-state index contributed by atoms with van der Waals surface area (Å²) in [5, 5.41) is 11.3. The Morgan fingerprint density at radius 1 is 0.750 bits per heavy atom. The van der Waals surface area contributed by atoms with E-state index in [0.717, 1.165) is 19.6 Å². The number of aliphatic carboxylic acids is 1. The van der Waals surface area contributed by atoms with Crippen LogP contribution in [0.5, 0.6) is 0 Å². The van der Waals surface area contributed by atoms with Crippen LogP contribution in [-0.4, -0.2) is 87.8 Å². The molecule has 0 aliphatic carbocycles. The highest BCUT2D eigenvalue weighted by Gasteiger charge is 2.25. The number of amides is 1. The van der Waals surface area contributed by atoms with Gasteiger partial charge in [-0.25, -0.2) is 13.6 Å². The normalized spacial score (nSPS) is 15.7. The SMILES string of the molecule is Cc1cc(CC(=O)c2cc(C(=O)C(=O)N[C@H]3CCOC3)cn2C)ccc1F.Cc1cc(CC(=O)c2cc(C(=O)C(=O)O)cn2C)ccc1F.Cl.N[C@H]1CCOC1. The molecule has 2 aromatic carbocycles. The first-order chi connectivity index (χ1) is 26.0. The summed E-state index contributed by atoms with van der Waals surface area (Å²) in [6.45, 7) is 5.83. The zero-order chi connectivity index (χ0) is 40.4. The highest BCUT2D eigenvalue weighted by atomic mass is 35.5. The van der Waals surface area contributed by atoms with Crippen molar-refractivity contribution in [1.29, 1.82) is 0 Å². The second kappa shape index (κ2) is 20.5. The van der Waals surface area contributed by atoms with Crippen molar-refractivity contribution in [3.05, 3.63) is 117 Å². The Morgan fingerprint density at radius 2 is 1.21 bits per heavy atom. The van der Waals surface area contributed by atoms with E-state index < -0.39 is 23.4 Å². The number of hydrogen-bond donors (Lipinski definition) is 3. The number of nitrogens with one attached hydrogen (secondary N) is 1. The lowest BCUT2D eigenvalue weighted by Gasteiger charge is -2.08. The number of aryl methyl sites for hydroxylation is 4. The summed E-state index contributed by atoms with van der Waals surface area (Å²) >= 11 is 0. The first-order valence-corrected chi connectivity index (χ1v) is 17.5. The molecule has 300 valence electrons. The Kier molecular flexibility index (Phi) is 16.5. The van der Waals surface area contributed by atoms with E-state index in [4.69, 9.17) is 20.3 Å². The fourth-order valence-corrected chi connectivity index (χ4v) is 5.82. The lowest BCUT2D eigenvalue weighted by molar-refractivity contribution is -0.131. The summed E-state index contributed by atoms with van der Waals surface area (Å²) in [6.07, 6.45) is 4.61. The minimum atomic E-state index is -1.57. The van der Waals surface area contributed by atoms with Gasteiger partial charge in [0.2, 0.25) is 0 Å². The number of carboxylic acids is 1. The third-order valence-corrected chi connectivity index (χ3v) is 8.91. The Hall–Kier alpha value is -5.35. The molecule has 2 aromatic heterocycles. The number of nitrogens with two attached hydrogens (primary N) is 1. The van der Waals surface area contributed by atoms with Crippen LogP contribution < -0.4 is 11.1 Å². The maximum Gasteiger partial charge on any atom is 0.377 e. The van der Waals surface area contributed by atoms with Gasteiger partial charge >= 0.3 is 5.97 Å². The van der Waals surface area contributed by atoms with Crippen LogP contribution in [0.2, 0.25) is 0 Å². The number of aromatic nitrogens is 2. The van der Waals surface area contributed by atoms with E-state index in [1.807, 2.05) is 0 Å². The molecule has 2 atom stereocenters. The summed E-state index contributed by atoms with van der Waals surface area (Å²) in [6, 6.07) is 11.8. The van der Waals surface area contributed by atoms with E-state index in [0.29, 0.717) is 53.6 Å². The zero-order valence-corrected chi connectivity index (χ0v) is 32.3. The molecular weight excluding hydrogens is 754 g/mol. The summed E-state index contributed by atoms with van der Waals surface area (Å²) in [5.41, 5.74) is 8.32. The van der Waals surface area contributed by atoms with Crippen LogP contribution in [0.25, 0.3) is 0 Å². The Bertz CT molecular complexity index is 2080. The number of Topliss-reactive ketones (excluding diaryl/α,β-unsaturated/α-hetero) is 4. The summed E-state index contributed by atoms with van der Waals surface area (Å²) in [5.74, 6) is -5.18. The summed E-state index contributed by atoms with van der Waals surface area (Å²) < 4.78 is 39.6. The van der Waals surface area contributed by atoms with E-state index in [1.165, 1.54) is 51.9 Å². The molecule has 2 aliphatic heterocycles. The average molecular weight is 799 g/mol. The van der Waals surface area contributed by atoms with Crippen molar-refractivity contribution >= 4 is 47.4 Å². The van der Waals surface area contributed by atoms with Crippen molar-refractivity contribution < 1.29 is 52.1 Å². The number of nitrogens with zero attached hydrogens (tertiary/aromatic N) is 2. The minimum absolute atomic E-state index is 0. The molecular formula is C40H45ClF2N4O9. The van der Waals surface area contributed by atoms with Crippen LogP contribution in [0, 0.1) is 25.5 Å². The molecule has 0 bridgehead atoms. The number of rotatable bonds is 11. The third kappa shape index (κ3) is 12.3. The van der Waals surface area contributed by atoms with E-state index in [1.54, 1.807) is 46.1 Å². The highest BCUT2D eigenvalue weighted by molar-refractivity contribution is 6.43. The monoisotopic (exact) mass is 798 g/mol. The van der Waals surface area contributed by atoms with Crippen LogP contribution >= 0.6 is 12.4 Å². The van der Waals surface area contributed by atoms with E-state index >= 15 is 0 Å². The molecule has 2 fully saturated rings. The number of carbonyl (C=O) groups excluding carboxylic acids is 5. The average Bonchev–Trinajstić information content (AvgIpc) is 3.97. The number of hydrogen-bond acceptors (Lipinski definition) is 9. The molecule has 0 radical (unpaired) electrons. The fraction of sp³-hybridized carbons (Fsp3) is 0.350. The summed E-state index contributed by atoms with van der Waals surface area (Å²) in [4.78, 5) is 71.4. The predicted molar refractivity (Wildman–Crippen MR) is 203 cm³/mol. The molecule has 13 nitrogen and oxygen atoms in total. The molecule has 0 spiro atoms. The number of ether oxygens (including phenoxy) is 2. The molecule has 6 rings (SSSR count). The van der Waals surface area contributed by atoms with Crippen LogP contribution in [0.4, 0.5) is 8.78 Å². The fourth-order valence-electron chi connectivity index (χ4n) is 5.82. The number of carbonyl (C=O) groups is 6. The van der Waals surface area contributed by atoms with Crippen LogP contribution in [0.3, 0.4) is 0 Å². The maximum absolute atomic E-state index is 13.4. The van der Waals surface area contributed by atoms with Crippen LogP contribution in [0.15, 0.2) is 60.9 Å². The van der Waals surface area contributed by atoms with Crippen molar-refractivity contribution in [2.24, 2.45) is 19.8 Å². The largest absolute Gasteiger partial charge is 0.475 e. The lowest BCUT2D eigenvalue weighted by atomic mass is 10.0. The first-order valence-electron chi connectivity index (χ1n) is 17.5. The molecule has 0 saturated carbocycles. The summed E-state index contributed by atoms with van der Waals surface area (Å²) in [7, 11) is 3.20. The quantitative estimate of drug-likeness (QED) is 0.146. The molecule has 16 heteroatoms. The van der Waals surface area contributed by atoms with Gasteiger partial charge in [0, 0.05) is 69.7 Å². The smallest absolute Gasteiger partial charge is 0.377 e. The van der Waals surface area contributed by atoms with Crippen molar-refractivity contribution in [3.8, 4) is 0 Å². The first kappa shape index (κ1) is 45.0. The minimum Gasteiger partial charge on any atom is -0.475 e. The second-order valence-corrected chi connectivity index (χ2v) is 13.4. The van der Waals surface area contributed by atoms with Crippen molar-refractivity contribution in [2.75, 3.05) is 26.4 Å². The van der Waals surface area contributed by atoms with Gasteiger partial charge in [-0.15, -0.1) is 12.4 Å². The molecule has 4 N–H and O–H groups in total. The molecule has 0 unspecified atom stereocenters. The van der Waals surface area contributed by atoms with Gasteiger partial charge in [0.15, 0.2) is 11.6 Å². The molecule has 4 heterocycles. The number of halogens is 3. The number of ketones is 4. The van der Waals surface area contributed by atoms with Gasteiger partial charge in [0.1, 0.15) is 11.6 Å². The van der Waals surface area contributed by atoms with Gasteiger partial charge in [-0.1, -0.05) is 24.3 Å². The van der Waals surface area contributed by atoms with Gasteiger partial charge in [0.05, 0.1) is 30.6 Å². The predicted octanol–water partition coefficient (Wildman–Crippen LogP) is 4.31. The van der Waals surface area contributed by atoms with Crippen molar-refractivity contribution in [2.45, 2.75) is 51.6 Å². The Labute approximate surface area is 328 Å². The lowest BCUT2D eigenvalue weighted by Crippen LogP contribution is -2.39. The van der Waals surface area contributed by atoms with Gasteiger partial charge < -0.3 is 34.8 Å². The van der Waals surface area contributed by atoms with Gasteiger partial charge in [-0.05, 0) is 73.2 Å². The molecule has 56 heavy (non-hydrogen) atoms. The highest BCUT2D eigenvalue weighted by Crippen LogP contribution is 2.17. The number of benzene rings is 2. The molecule has 2 aliphatic rings. The standard InChI is InChI=1S/C20H21FN2O4.C16H14FNO4.C4H9NO.ClH/c1-12-7-13(3-4-16(12)21)8-18(24)17-9-14(10-23(17)2)19(25)20(26)22-15-5-6-27-11-15;1-9-5-10(3-4-12(9)17)6-14(19)13-7-11(8-18(13)2)15(20)16(21)22;5-4-1-2-6-3-4;/h3-4,7,9-10,15H,5-6,8,11H2,1-2H3,(H,22,26);3-5,7-8H,6H2,1-2H3,(H,21,22);4H,1-3,5H2;1H/t15-;;4-;/m0.0./s1. The van der Waals surface area contributed by atoms with Gasteiger partial charge in [-0.2, -0.15) is 0 Å². The Balaban J connectivity index is 0.000000260. The van der Waals surface area contributed by atoms with Gasteiger partial charge in [-0.3, -0.25) is 24.0 Å².